The van der Waals surface area contributed by atoms with Crippen LogP contribution < -0.4 is 9.64 Å². The molecule has 0 unspecified atom stereocenters. The lowest BCUT2D eigenvalue weighted by Gasteiger charge is -2.20. The van der Waals surface area contributed by atoms with E-state index in [1.807, 2.05) is 36.2 Å². The predicted molar refractivity (Wildman–Crippen MR) is 61.8 cm³/mol. The molecule has 0 radical (unpaired) electrons. The molecule has 1 aromatic rings. The van der Waals surface area contributed by atoms with Crippen LogP contribution in [0.15, 0.2) is 24.3 Å². The van der Waals surface area contributed by atoms with E-state index < -0.39 is 0 Å². The molecule has 0 atom stereocenters. The van der Waals surface area contributed by atoms with Gasteiger partial charge < -0.3 is 9.64 Å². The molecule has 1 aliphatic carbocycles. The molecular weight excluding hydrogens is 188 g/mol. The van der Waals surface area contributed by atoms with Gasteiger partial charge >= 0.3 is 0 Å². The number of methoxy groups -OCH3 is 1. The summed E-state index contributed by atoms with van der Waals surface area (Å²) in [6.07, 6.45) is 2.32. The van der Waals surface area contributed by atoms with Crippen LogP contribution in [-0.4, -0.2) is 20.0 Å². The summed E-state index contributed by atoms with van der Waals surface area (Å²) < 4.78 is 5.16. The molecule has 1 fully saturated rings. The topological polar surface area (TPSA) is 36.3 Å². The van der Waals surface area contributed by atoms with E-state index in [4.69, 9.17) is 10.1 Å². The van der Waals surface area contributed by atoms with Gasteiger partial charge in [0.05, 0.1) is 7.11 Å². The number of hydrogen-bond acceptors (Lipinski definition) is 2. The molecular formula is C12H16N2O. The first-order valence-electron chi connectivity index (χ1n) is 5.18. The van der Waals surface area contributed by atoms with Crippen molar-refractivity contribution in [3.05, 3.63) is 24.3 Å². The van der Waals surface area contributed by atoms with Gasteiger partial charge in [-0.2, -0.15) is 0 Å². The van der Waals surface area contributed by atoms with Crippen molar-refractivity contribution >= 4 is 11.5 Å². The molecule has 1 aromatic carbocycles. The van der Waals surface area contributed by atoms with Gasteiger partial charge in [-0.3, -0.25) is 5.41 Å². The Labute approximate surface area is 90.2 Å². The summed E-state index contributed by atoms with van der Waals surface area (Å²) >= 11 is 0. The number of anilines is 1. The average molecular weight is 204 g/mol. The second-order valence-corrected chi connectivity index (χ2v) is 3.92. The van der Waals surface area contributed by atoms with Gasteiger partial charge in [0.1, 0.15) is 11.6 Å². The number of amidine groups is 1. The first-order chi connectivity index (χ1) is 7.22. The fraction of sp³-hybridized carbons (Fsp3) is 0.417. The van der Waals surface area contributed by atoms with Crippen molar-refractivity contribution in [3.63, 3.8) is 0 Å². The molecule has 15 heavy (non-hydrogen) atoms. The minimum absolute atomic E-state index is 0.473. The summed E-state index contributed by atoms with van der Waals surface area (Å²) in [4.78, 5) is 1.93. The van der Waals surface area contributed by atoms with Crippen LogP contribution in [0.5, 0.6) is 5.75 Å². The largest absolute Gasteiger partial charge is 0.497 e. The zero-order chi connectivity index (χ0) is 10.8. The third-order valence-electron chi connectivity index (χ3n) is 2.77. The van der Waals surface area contributed by atoms with Crippen LogP contribution in [0.2, 0.25) is 0 Å². The fourth-order valence-corrected chi connectivity index (χ4v) is 1.59. The Morgan fingerprint density at radius 1 is 1.47 bits per heavy atom. The summed E-state index contributed by atoms with van der Waals surface area (Å²) in [5.74, 6) is 2.02. The molecule has 3 heteroatoms. The zero-order valence-electron chi connectivity index (χ0n) is 9.16. The van der Waals surface area contributed by atoms with E-state index >= 15 is 0 Å². The number of hydrogen-bond donors (Lipinski definition) is 1. The molecule has 2 rings (SSSR count). The molecule has 0 aromatic heterocycles. The van der Waals surface area contributed by atoms with Gasteiger partial charge in [-0.15, -0.1) is 0 Å². The summed E-state index contributed by atoms with van der Waals surface area (Å²) in [5, 5.41) is 7.96. The zero-order valence-corrected chi connectivity index (χ0v) is 9.16. The normalized spacial score (nSPS) is 14.8. The van der Waals surface area contributed by atoms with Gasteiger partial charge in [-0.25, -0.2) is 0 Å². The van der Waals surface area contributed by atoms with Crippen LogP contribution in [-0.2, 0) is 0 Å². The maximum Gasteiger partial charge on any atom is 0.120 e. The maximum atomic E-state index is 7.96. The summed E-state index contributed by atoms with van der Waals surface area (Å²) in [6.45, 7) is 0. The van der Waals surface area contributed by atoms with Crippen LogP contribution in [0.4, 0.5) is 5.69 Å². The average Bonchev–Trinajstić information content (AvgIpc) is 3.11. The summed E-state index contributed by atoms with van der Waals surface area (Å²) in [6, 6.07) is 7.82. The second kappa shape index (κ2) is 3.93. The number of ether oxygens (including phenoxy) is 1. The van der Waals surface area contributed by atoms with Gasteiger partial charge in [0.2, 0.25) is 0 Å². The number of rotatable bonds is 3. The second-order valence-electron chi connectivity index (χ2n) is 3.92. The first kappa shape index (κ1) is 10.0. The van der Waals surface area contributed by atoms with E-state index in [9.17, 15) is 0 Å². The smallest absolute Gasteiger partial charge is 0.120 e. The Hall–Kier alpha value is -1.51. The van der Waals surface area contributed by atoms with Crippen molar-refractivity contribution in [2.45, 2.75) is 12.8 Å². The quantitative estimate of drug-likeness (QED) is 0.606. The van der Waals surface area contributed by atoms with Crippen molar-refractivity contribution in [2.75, 3.05) is 19.1 Å². The molecule has 0 aliphatic heterocycles. The van der Waals surface area contributed by atoms with E-state index in [-0.39, 0.29) is 0 Å². The molecule has 0 bridgehead atoms. The minimum atomic E-state index is 0.473. The lowest BCUT2D eigenvalue weighted by molar-refractivity contribution is 0.415. The lowest BCUT2D eigenvalue weighted by atomic mass is 10.2. The molecule has 0 saturated heterocycles. The van der Waals surface area contributed by atoms with E-state index in [1.165, 1.54) is 0 Å². The minimum Gasteiger partial charge on any atom is -0.497 e. The van der Waals surface area contributed by atoms with Gasteiger partial charge in [-0.05, 0) is 25.0 Å². The Morgan fingerprint density at radius 2 is 2.20 bits per heavy atom. The van der Waals surface area contributed by atoms with Gasteiger partial charge in [-0.1, -0.05) is 6.07 Å². The molecule has 0 heterocycles. The van der Waals surface area contributed by atoms with Crippen LogP contribution in [0.3, 0.4) is 0 Å². The molecule has 3 nitrogen and oxygen atoms in total. The molecule has 80 valence electrons. The maximum absolute atomic E-state index is 7.96. The van der Waals surface area contributed by atoms with Crippen molar-refractivity contribution < 1.29 is 4.74 Å². The molecule has 1 aliphatic rings. The Bertz CT molecular complexity index is 372. The number of benzene rings is 1. The highest BCUT2D eigenvalue weighted by Gasteiger charge is 2.29. The Kier molecular flexibility index (Phi) is 2.62. The van der Waals surface area contributed by atoms with Crippen LogP contribution in [0.1, 0.15) is 12.8 Å². The van der Waals surface area contributed by atoms with Crippen molar-refractivity contribution in [3.8, 4) is 5.75 Å². The molecule has 1 N–H and O–H groups in total. The fourth-order valence-electron chi connectivity index (χ4n) is 1.59. The van der Waals surface area contributed by atoms with Crippen molar-refractivity contribution in [1.29, 1.82) is 5.41 Å². The molecule has 0 spiro atoms. The third kappa shape index (κ3) is 2.12. The highest BCUT2D eigenvalue weighted by atomic mass is 16.5. The third-order valence-corrected chi connectivity index (χ3v) is 2.77. The number of nitrogens with one attached hydrogen (secondary N) is 1. The van der Waals surface area contributed by atoms with Gasteiger partial charge in [0.25, 0.3) is 0 Å². The predicted octanol–water partition coefficient (Wildman–Crippen LogP) is 2.52. The summed E-state index contributed by atoms with van der Waals surface area (Å²) in [7, 11) is 3.60. The van der Waals surface area contributed by atoms with E-state index in [2.05, 4.69) is 0 Å². The summed E-state index contributed by atoms with van der Waals surface area (Å²) in [5.41, 5.74) is 1.02. The Balaban J connectivity index is 2.16. The van der Waals surface area contributed by atoms with Crippen molar-refractivity contribution in [2.24, 2.45) is 5.92 Å². The molecule has 0 amide bonds. The Morgan fingerprint density at radius 3 is 2.80 bits per heavy atom. The van der Waals surface area contributed by atoms with Crippen molar-refractivity contribution in [1.82, 2.24) is 0 Å². The lowest BCUT2D eigenvalue weighted by Crippen LogP contribution is -2.26. The SMILES string of the molecule is COc1cccc(N(C)C(=N)C2CC2)c1. The van der Waals surface area contributed by atoms with Gasteiger partial charge in [0, 0.05) is 24.7 Å². The van der Waals surface area contributed by atoms with E-state index in [0.717, 1.165) is 24.3 Å². The standard InChI is InChI=1S/C12H16N2O/c1-14(12(13)9-6-7-9)10-4-3-5-11(8-10)15-2/h3-5,8-9,13H,6-7H2,1-2H3. The van der Waals surface area contributed by atoms with Crippen LogP contribution in [0.25, 0.3) is 0 Å². The van der Waals surface area contributed by atoms with Gasteiger partial charge in [0.15, 0.2) is 0 Å². The van der Waals surface area contributed by atoms with E-state index in [0.29, 0.717) is 11.8 Å². The number of nitrogens with zero attached hydrogens (tertiary/aromatic N) is 1. The van der Waals surface area contributed by atoms with E-state index in [1.54, 1.807) is 7.11 Å². The highest BCUT2D eigenvalue weighted by molar-refractivity contribution is 5.98. The van der Waals surface area contributed by atoms with Crippen LogP contribution >= 0.6 is 0 Å². The molecule has 1 saturated carbocycles. The highest BCUT2D eigenvalue weighted by Crippen LogP contribution is 2.32. The van der Waals surface area contributed by atoms with Crippen LogP contribution in [0, 0.1) is 11.3 Å². The first-order valence-corrected chi connectivity index (χ1v) is 5.18. The monoisotopic (exact) mass is 204 g/mol.